The summed E-state index contributed by atoms with van der Waals surface area (Å²) >= 11 is 7.75. The second-order valence-corrected chi connectivity index (χ2v) is 8.65. The van der Waals surface area contributed by atoms with E-state index in [4.69, 9.17) is 11.6 Å². The summed E-state index contributed by atoms with van der Waals surface area (Å²) in [6, 6.07) is 11.2. The highest BCUT2D eigenvalue weighted by Crippen LogP contribution is 2.26. The number of nitrogens with zero attached hydrogens (tertiary/aromatic N) is 3. The number of aryl methyl sites for hydroxylation is 1. The average Bonchev–Trinajstić information content (AvgIpc) is 3.38. The van der Waals surface area contributed by atoms with E-state index < -0.39 is 0 Å². The largest absolute Gasteiger partial charge is 0.365 e. The minimum absolute atomic E-state index is 0.301. The van der Waals surface area contributed by atoms with Gasteiger partial charge in [-0.1, -0.05) is 11.6 Å². The van der Waals surface area contributed by atoms with Gasteiger partial charge in [-0.05, 0) is 48.9 Å². The van der Waals surface area contributed by atoms with Gasteiger partial charge in [-0.25, -0.2) is 15.0 Å². The van der Waals surface area contributed by atoms with Crippen LogP contribution in [0.15, 0.2) is 55.0 Å². The number of thiazole rings is 1. The summed E-state index contributed by atoms with van der Waals surface area (Å²) in [5, 5.41) is 8.56. The number of carbonyl (C=O) groups excluding carboxylic acids is 1. The maximum Gasteiger partial charge on any atom is 0.259 e. The first-order valence-electron chi connectivity index (χ1n) is 9.56. The molecule has 4 aromatic heterocycles. The maximum absolute atomic E-state index is 13.0. The number of amides is 1. The number of hydrogen-bond acceptors (Lipinski definition) is 6. The third kappa shape index (κ3) is 3.95. The standard InChI is InChI=1S/C22H17ClN6OS/c1-12-28-18-9-15(2-3-19(18)31-12)29-22(30)17-8-14(23)11-27-21(17)26-10-13-4-6-24-20-16(13)5-7-25-20/h2-9,11H,10H2,1H3,(H,24,25)(H,26,27)(H,29,30). The van der Waals surface area contributed by atoms with Gasteiger partial charge in [0.05, 0.1) is 25.8 Å². The van der Waals surface area contributed by atoms with Crippen LogP contribution < -0.4 is 10.6 Å². The Balaban J connectivity index is 1.39. The molecule has 0 aliphatic rings. The number of aromatic nitrogens is 4. The number of pyridine rings is 2. The van der Waals surface area contributed by atoms with Crippen LogP contribution in [0, 0.1) is 6.92 Å². The first-order chi connectivity index (χ1) is 15.1. The summed E-state index contributed by atoms with van der Waals surface area (Å²) in [6.45, 7) is 2.44. The van der Waals surface area contributed by atoms with Crippen molar-refractivity contribution < 1.29 is 4.79 Å². The van der Waals surface area contributed by atoms with Crippen LogP contribution in [-0.2, 0) is 6.54 Å². The van der Waals surface area contributed by atoms with Crippen molar-refractivity contribution in [2.45, 2.75) is 13.5 Å². The molecule has 9 heteroatoms. The molecule has 0 bridgehead atoms. The highest BCUT2D eigenvalue weighted by atomic mass is 35.5. The predicted molar refractivity (Wildman–Crippen MR) is 125 cm³/mol. The zero-order valence-electron chi connectivity index (χ0n) is 16.4. The molecule has 3 N–H and O–H groups in total. The second kappa shape index (κ2) is 7.98. The Bertz CT molecular complexity index is 1430. The van der Waals surface area contributed by atoms with Crippen LogP contribution in [0.3, 0.4) is 0 Å². The van der Waals surface area contributed by atoms with Gasteiger partial charge in [0.2, 0.25) is 0 Å². The summed E-state index contributed by atoms with van der Waals surface area (Å²) < 4.78 is 1.08. The van der Waals surface area contributed by atoms with Crippen LogP contribution in [0.5, 0.6) is 0 Å². The lowest BCUT2D eigenvalue weighted by atomic mass is 10.1. The van der Waals surface area contributed by atoms with Crippen molar-refractivity contribution in [2.75, 3.05) is 10.6 Å². The predicted octanol–water partition coefficient (Wildman–Crippen LogP) is 5.39. The van der Waals surface area contributed by atoms with E-state index >= 15 is 0 Å². The number of benzene rings is 1. The topological polar surface area (TPSA) is 95.6 Å². The highest BCUT2D eigenvalue weighted by Gasteiger charge is 2.15. The fourth-order valence-electron chi connectivity index (χ4n) is 3.42. The number of halogens is 1. The lowest BCUT2D eigenvalue weighted by Gasteiger charge is -2.12. The molecule has 154 valence electrons. The number of carbonyl (C=O) groups is 1. The normalized spacial score (nSPS) is 11.2. The van der Waals surface area contributed by atoms with E-state index in [0.717, 1.165) is 31.8 Å². The minimum atomic E-state index is -0.301. The summed E-state index contributed by atoms with van der Waals surface area (Å²) in [5.41, 5.74) is 3.74. The van der Waals surface area contributed by atoms with Crippen LogP contribution in [-0.4, -0.2) is 25.8 Å². The minimum Gasteiger partial charge on any atom is -0.365 e. The van der Waals surface area contributed by atoms with E-state index in [1.165, 1.54) is 6.20 Å². The van der Waals surface area contributed by atoms with Gasteiger partial charge in [-0.15, -0.1) is 11.3 Å². The molecule has 0 aliphatic heterocycles. The number of hydrogen-bond donors (Lipinski definition) is 3. The van der Waals surface area contributed by atoms with Crippen molar-refractivity contribution >= 4 is 61.6 Å². The first kappa shape index (κ1) is 19.5. The van der Waals surface area contributed by atoms with Crippen LogP contribution in [0.2, 0.25) is 5.02 Å². The third-order valence-electron chi connectivity index (χ3n) is 4.85. The molecule has 0 saturated heterocycles. The number of aromatic amines is 1. The lowest BCUT2D eigenvalue weighted by molar-refractivity contribution is 0.102. The van der Waals surface area contributed by atoms with E-state index in [1.807, 2.05) is 43.5 Å². The Labute approximate surface area is 186 Å². The van der Waals surface area contributed by atoms with Crippen molar-refractivity contribution in [1.82, 2.24) is 19.9 Å². The van der Waals surface area contributed by atoms with E-state index in [2.05, 4.69) is 30.6 Å². The molecule has 4 heterocycles. The monoisotopic (exact) mass is 448 g/mol. The van der Waals surface area contributed by atoms with Crippen molar-refractivity contribution in [3.05, 3.63) is 76.1 Å². The molecular formula is C22H17ClN6OS. The van der Waals surface area contributed by atoms with Gasteiger partial charge < -0.3 is 15.6 Å². The Kier molecular flexibility index (Phi) is 5.01. The lowest BCUT2D eigenvalue weighted by Crippen LogP contribution is -2.16. The second-order valence-electron chi connectivity index (χ2n) is 6.98. The number of H-pyrrole nitrogens is 1. The van der Waals surface area contributed by atoms with Gasteiger partial charge in [-0.2, -0.15) is 0 Å². The quantitative estimate of drug-likeness (QED) is 0.335. The average molecular weight is 449 g/mol. The molecule has 0 unspecified atom stereocenters. The van der Waals surface area contributed by atoms with E-state index in [0.29, 0.717) is 28.6 Å². The van der Waals surface area contributed by atoms with E-state index in [-0.39, 0.29) is 5.91 Å². The van der Waals surface area contributed by atoms with E-state index in [1.54, 1.807) is 23.6 Å². The number of fused-ring (bicyclic) bond motifs is 2. The SMILES string of the molecule is Cc1nc2cc(NC(=O)c3cc(Cl)cnc3NCc3ccnc4[nH]ccc34)ccc2s1. The molecule has 0 aliphatic carbocycles. The third-order valence-corrected chi connectivity index (χ3v) is 6.01. The molecule has 31 heavy (non-hydrogen) atoms. The molecule has 7 nitrogen and oxygen atoms in total. The molecule has 0 fully saturated rings. The molecule has 1 amide bonds. The Morgan fingerprint density at radius 3 is 3.00 bits per heavy atom. The smallest absolute Gasteiger partial charge is 0.259 e. The Morgan fingerprint density at radius 1 is 1.19 bits per heavy atom. The Morgan fingerprint density at radius 2 is 2.10 bits per heavy atom. The van der Waals surface area contributed by atoms with Gasteiger partial charge in [0.1, 0.15) is 11.5 Å². The van der Waals surface area contributed by atoms with Crippen molar-refractivity contribution in [1.29, 1.82) is 0 Å². The molecule has 5 aromatic rings. The number of anilines is 2. The summed E-state index contributed by atoms with van der Waals surface area (Å²) in [5.74, 6) is 0.151. The van der Waals surface area contributed by atoms with Crippen LogP contribution in [0.4, 0.5) is 11.5 Å². The van der Waals surface area contributed by atoms with Gasteiger partial charge >= 0.3 is 0 Å². The molecule has 0 saturated carbocycles. The molecule has 5 rings (SSSR count). The van der Waals surface area contributed by atoms with Crippen LogP contribution in [0.1, 0.15) is 20.9 Å². The van der Waals surface area contributed by atoms with Crippen molar-refractivity contribution in [3.63, 3.8) is 0 Å². The zero-order valence-corrected chi connectivity index (χ0v) is 18.0. The fourth-order valence-corrected chi connectivity index (χ4v) is 4.39. The first-order valence-corrected chi connectivity index (χ1v) is 10.8. The maximum atomic E-state index is 13.0. The molecule has 0 radical (unpaired) electrons. The van der Waals surface area contributed by atoms with Gasteiger partial charge in [-0.3, -0.25) is 4.79 Å². The summed E-state index contributed by atoms with van der Waals surface area (Å²) in [7, 11) is 0. The number of nitrogens with one attached hydrogen (secondary N) is 3. The molecule has 0 atom stereocenters. The van der Waals surface area contributed by atoms with E-state index in [9.17, 15) is 4.79 Å². The number of rotatable bonds is 5. The van der Waals surface area contributed by atoms with Crippen LogP contribution in [0.25, 0.3) is 21.3 Å². The van der Waals surface area contributed by atoms with Crippen LogP contribution >= 0.6 is 22.9 Å². The van der Waals surface area contributed by atoms with Gasteiger partial charge in [0, 0.05) is 36.2 Å². The molecule has 0 spiro atoms. The molecular weight excluding hydrogens is 432 g/mol. The molecule has 1 aromatic carbocycles. The zero-order chi connectivity index (χ0) is 21.4. The fraction of sp³-hybridized carbons (Fsp3) is 0.0909. The Hall–Kier alpha value is -3.49. The summed E-state index contributed by atoms with van der Waals surface area (Å²) in [4.78, 5) is 29.2. The van der Waals surface area contributed by atoms with Gasteiger partial charge in [0.25, 0.3) is 5.91 Å². The van der Waals surface area contributed by atoms with Gasteiger partial charge in [0.15, 0.2) is 0 Å². The van der Waals surface area contributed by atoms with Crippen molar-refractivity contribution in [2.24, 2.45) is 0 Å². The highest BCUT2D eigenvalue weighted by molar-refractivity contribution is 7.18. The summed E-state index contributed by atoms with van der Waals surface area (Å²) in [6.07, 6.45) is 5.11. The van der Waals surface area contributed by atoms with Crippen molar-refractivity contribution in [3.8, 4) is 0 Å².